The fourth-order valence-electron chi connectivity index (χ4n) is 2.70. The summed E-state index contributed by atoms with van der Waals surface area (Å²) >= 11 is 1.48. The van der Waals surface area contributed by atoms with Crippen LogP contribution in [0.1, 0.15) is 5.56 Å². The molecule has 0 saturated heterocycles. The van der Waals surface area contributed by atoms with E-state index in [9.17, 15) is 4.39 Å². The van der Waals surface area contributed by atoms with Crippen LogP contribution < -0.4 is 11.1 Å². The fraction of sp³-hybridized carbons (Fsp3) is 0.167. The van der Waals surface area contributed by atoms with Gasteiger partial charge in [-0.05, 0) is 42.3 Å². The van der Waals surface area contributed by atoms with Crippen LogP contribution in [0.4, 0.5) is 9.52 Å². The lowest BCUT2D eigenvalue weighted by Crippen LogP contribution is -2.31. The number of nitrogens with one attached hydrogen (secondary N) is 2. The van der Waals surface area contributed by atoms with Crippen molar-refractivity contribution in [2.45, 2.75) is 12.5 Å². The molecule has 0 aliphatic heterocycles. The van der Waals surface area contributed by atoms with E-state index in [1.807, 2.05) is 18.2 Å². The van der Waals surface area contributed by atoms with Gasteiger partial charge in [0.15, 0.2) is 0 Å². The highest BCUT2D eigenvalue weighted by atomic mass is 32.1. The Balaban J connectivity index is 1.37. The SMILES string of the molecule is N[C@@H](CNc1nnc(-c2ccc3[nH]ncc3c2)s1)Cc1ccc(F)cc1. The van der Waals surface area contributed by atoms with Crippen molar-refractivity contribution in [1.29, 1.82) is 0 Å². The molecule has 0 aliphatic carbocycles. The third-order valence-electron chi connectivity index (χ3n) is 4.04. The molecule has 0 radical (unpaired) electrons. The Kier molecular flexibility index (Phi) is 4.59. The second-order valence-electron chi connectivity index (χ2n) is 6.06. The quantitative estimate of drug-likeness (QED) is 0.486. The first-order valence-electron chi connectivity index (χ1n) is 8.18. The van der Waals surface area contributed by atoms with Crippen LogP contribution in [-0.4, -0.2) is 33.0 Å². The number of H-pyrrole nitrogens is 1. The Morgan fingerprint density at radius 3 is 2.85 bits per heavy atom. The highest BCUT2D eigenvalue weighted by molar-refractivity contribution is 7.18. The van der Waals surface area contributed by atoms with Crippen molar-refractivity contribution in [1.82, 2.24) is 20.4 Å². The second kappa shape index (κ2) is 7.19. The summed E-state index contributed by atoms with van der Waals surface area (Å²) in [5, 5.41) is 21.2. The standard InChI is InChI=1S/C18H17FN6S/c19-14-4-1-11(2-5-14)7-15(20)10-21-18-25-24-17(26-18)12-3-6-16-13(8-12)9-22-23-16/h1-6,8-9,15H,7,10,20H2,(H,21,25)(H,22,23)/t15-/m1/s1. The molecule has 0 bridgehead atoms. The molecule has 0 amide bonds. The topological polar surface area (TPSA) is 92.5 Å². The van der Waals surface area contributed by atoms with E-state index < -0.39 is 0 Å². The number of benzene rings is 2. The van der Waals surface area contributed by atoms with Crippen molar-refractivity contribution in [3.05, 3.63) is 60.0 Å². The van der Waals surface area contributed by atoms with E-state index in [0.717, 1.165) is 32.2 Å². The maximum Gasteiger partial charge on any atom is 0.206 e. The highest BCUT2D eigenvalue weighted by Gasteiger charge is 2.10. The van der Waals surface area contributed by atoms with Crippen LogP contribution in [0.15, 0.2) is 48.7 Å². The van der Waals surface area contributed by atoms with E-state index in [2.05, 4.69) is 25.7 Å². The summed E-state index contributed by atoms with van der Waals surface area (Å²) in [5.74, 6) is -0.240. The van der Waals surface area contributed by atoms with E-state index in [4.69, 9.17) is 5.73 Å². The Hall–Kier alpha value is -2.84. The van der Waals surface area contributed by atoms with Gasteiger partial charge in [-0.3, -0.25) is 5.10 Å². The van der Waals surface area contributed by atoms with Gasteiger partial charge in [0.05, 0.1) is 11.7 Å². The molecular weight excluding hydrogens is 351 g/mol. The number of fused-ring (bicyclic) bond motifs is 1. The van der Waals surface area contributed by atoms with Gasteiger partial charge in [0.2, 0.25) is 5.13 Å². The molecule has 4 N–H and O–H groups in total. The summed E-state index contributed by atoms with van der Waals surface area (Å²) in [6, 6.07) is 12.3. The Morgan fingerprint density at radius 2 is 2.00 bits per heavy atom. The van der Waals surface area contributed by atoms with Gasteiger partial charge in [-0.1, -0.05) is 23.5 Å². The van der Waals surface area contributed by atoms with Gasteiger partial charge < -0.3 is 11.1 Å². The molecule has 8 heteroatoms. The minimum atomic E-state index is -0.240. The van der Waals surface area contributed by atoms with Gasteiger partial charge in [-0.25, -0.2) is 4.39 Å². The zero-order chi connectivity index (χ0) is 17.9. The Labute approximate surface area is 153 Å². The fourth-order valence-corrected chi connectivity index (χ4v) is 3.45. The molecule has 0 fully saturated rings. The molecule has 26 heavy (non-hydrogen) atoms. The second-order valence-corrected chi connectivity index (χ2v) is 7.03. The van der Waals surface area contributed by atoms with Crippen molar-refractivity contribution in [3.63, 3.8) is 0 Å². The van der Waals surface area contributed by atoms with Crippen molar-refractivity contribution in [2.24, 2.45) is 5.73 Å². The van der Waals surface area contributed by atoms with Crippen LogP contribution in [0.25, 0.3) is 21.5 Å². The molecule has 6 nitrogen and oxygen atoms in total. The number of nitrogens with zero attached hydrogens (tertiary/aromatic N) is 3. The lowest BCUT2D eigenvalue weighted by molar-refractivity contribution is 0.625. The summed E-state index contributed by atoms with van der Waals surface area (Å²) < 4.78 is 12.9. The van der Waals surface area contributed by atoms with Gasteiger partial charge in [0.25, 0.3) is 0 Å². The van der Waals surface area contributed by atoms with Crippen LogP contribution in [-0.2, 0) is 6.42 Å². The molecule has 2 aromatic carbocycles. The number of halogens is 1. The molecule has 0 spiro atoms. The average Bonchev–Trinajstić information content (AvgIpc) is 3.30. The van der Waals surface area contributed by atoms with E-state index >= 15 is 0 Å². The first-order valence-corrected chi connectivity index (χ1v) is 9.00. The number of hydrogen-bond acceptors (Lipinski definition) is 6. The van der Waals surface area contributed by atoms with Gasteiger partial charge in [0.1, 0.15) is 10.8 Å². The summed E-state index contributed by atoms with van der Waals surface area (Å²) in [6.07, 6.45) is 2.45. The molecule has 0 aliphatic rings. The van der Waals surface area contributed by atoms with E-state index in [1.165, 1.54) is 23.5 Å². The predicted molar refractivity (Wildman–Crippen MR) is 102 cm³/mol. The number of anilines is 1. The van der Waals surface area contributed by atoms with Gasteiger partial charge in [-0.2, -0.15) is 5.10 Å². The van der Waals surface area contributed by atoms with Gasteiger partial charge >= 0.3 is 0 Å². The molecular formula is C18H17FN6S. The molecule has 132 valence electrons. The summed E-state index contributed by atoms with van der Waals surface area (Å²) in [7, 11) is 0. The monoisotopic (exact) mass is 368 g/mol. The summed E-state index contributed by atoms with van der Waals surface area (Å²) in [6.45, 7) is 0.562. The van der Waals surface area contributed by atoms with Crippen molar-refractivity contribution >= 4 is 27.4 Å². The van der Waals surface area contributed by atoms with Crippen LogP contribution in [0.5, 0.6) is 0 Å². The van der Waals surface area contributed by atoms with Crippen molar-refractivity contribution < 1.29 is 4.39 Å². The summed E-state index contributed by atoms with van der Waals surface area (Å²) in [5.41, 5.74) is 9.15. The molecule has 0 saturated carbocycles. The molecule has 1 atom stereocenters. The largest absolute Gasteiger partial charge is 0.359 e. The van der Waals surface area contributed by atoms with Crippen LogP contribution in [0.2, 0.25) is 0 Å². The number of rotatable bonds is 6. The van der Waals surface area contributed by atoms with Crippen LogP contribution >= 0.6 is 11.3 Å². The van der Waals surface area contributed by atoms with Crippen LogP contribution in [0.3, 0.4) is 0 Å². The maximum atomic E-state index is 12.9. The van der Waals surface area contributed by atoms with E-state index in [0.29, 0.717) is 13.0 Å². The molecule has 2 heterocycles. The predicted octanol–water partition coefficient (Wildman–Crippen LogP) is 3.20. The van der Waals surface area contributed by atoms with Crippen molar-refractivity contribution in [2.75, 3.05) is 11.9 Å². The zero-order valence-electron chi connectivity index (χ0n) is 13.8. The normalized spacial score (nSPS) is 12.4. The minimum Gasteiger partial charge on any atom is -0.359 e. The van der Waals surface area contributed by atoms with Gasteiger partial charge in [-0.15, -0.1) is 10.2 Å². The minimum absolute atomic E-state index is 0.102. The average molecular weight is 368 g/mol. The molecule has 0 unspecified atom stereocenters. The third-order valence-corrected chi connectivity index (χ3v) is 4.97. The molecule has 4 aromatic rings. The Bertz CT molecular complexity index is 1010. The first-order chi connectivity index (χ1) is 12.7. The lowest BCUT2D eigenvalue weighted by Gasteiger charge is -2.11. The van der Waals surface area contributed by atoms with E-state index in [1.54, 1.807) is 18.3 Å². The van der Waals surface area contributed by atoms with Crippen molar-refractivity contribution in [3.8, 4) is 10.6 Å². The smallest absolute Gasteiger partial charge is 0.206 e. The van der Waals surface area contributed by atoms with E-state index in [-0.39, 0.29) is 11.9 Å². The number of aromatic nitrogens is 4. The van der Waals surface area contributed by atoms with Gasteiger partial charge in [0, 0.05) is 23.5 Å². The molecule has 2 aromatic heterocycles. The lowest BCUT2D eigenvalue weighted by atomic mass is 10.1. The maximum absolute atomic E-state index is 12.9. The van der Waals surface area contributed by atoms with Crippen LogP contribution in [0, 0.1) is 5.82 Å². The Morgan fingerprint density at radius 1 is 1.15 bits per heavy atom. The first kappa shape index (κ1) is 16.6. The third kappa shape index (κ3) is 3.71. The zero-order valence-corrected chi connectivity index (χ0v) is 14.6. The number of aromatic amines is 1. The molecule has 4 rings (SSSR count). The number of hydrogen-bond donors (Lipinski definition) is 3. The highest BCUT2D eigenvalue weighted by Crippen LogP contribution is 2.28. The number of nitrogens with two attached hydrogens (primary N) is 1. The summed E-state index contributed by atoms with van der Waals surface area (Å²) in [4.78, 5) is 0.